The highest BCUT2D eigenvalue weighted by atomic mass is 32.1. The lowest BCUT2D eigenvalue weighted by atomic mass is 10.1. The molecule has 3 rings (SSSR count). The Morgan fingerprint density at radius 1 is 1.38 bits per heavy atom. The highest BCUT2D eigenvalue weighted by molar-refractivity contribution is 7.16. The quantitative estimate of drug-likeness (QED) is 0.730. The van der Waals surface area contributed by atoms with Crippen molar-refractivity contribution < 1.29 is 9.52 Å². The van der Waals surface area contributed by atoms with Gasteiger partial charge in [0.2, 0.25) is 0 Å². The lowest BCUT2D eigenvalue weighted by Gasteiger charge is -2.17. The maximum absolute atomic E-state index is 9.28. The Bertz CT molecular complexity index is 709. The van der Waals surface area contributed by atoms with Gasteiger partial charge in [-0.25, -0.2) is 9.97 Å². The first kappa shape index (κ1) is 14.0. The zero-order chi connectivity index (χ0) is 14.7. The predicted molar refractivity (Wildman–Crippen MR) is 83.6 cm³/mol. The Labute approximate surface area is 126 Å². The standard InChI is InChI=1S/C15H17N3O2S/c1-2-13-17-14(10-6-9-21-15(10)18-13)16-11(5-7-19)12-4-3-8-20-12/h3-4,6,8-9,11,19H,2,5,7H2,1H3,(H,16,17,18). The minimum absolute atomic E-state index is 0.0802. The van der Waals surface area contributed by atoms with Gasteiger partial charge in [0.15, 0.2) is 0 Å². The van der Waals surface area contributed by atoms with Crippen molar-refractivity contribution in [3.8, 4) is 0 Å². The van der Waals surface area contributed by atoms with Crippen LogP contribution in [0.1, 0.15) is 31.0 Å². The van der Waals surface area contributed by atoms with Crippen molar-refractivity contribution in [2.75, 3.05) is 11.9 Å². The number of aliphatic hydroxyl groups excluding tert-OH is 1. The second-order valence-electron chi connectivity index (χ2n) is 4.71. The molecule has 0 aliphatic heterocycles. The normalized spacial score (nSPS) is 12.7. The second kappa shape index (κ2) is 6.24. The van der Waals surface area contributed by atoms with Gasteiger partial charge in [0, 0.05) is 13.0 Å². The molecule has 0 spiro atoms. The summed E-state index contributed by atoms with van der Waals surface area (Å²) >= 11 is 1.61. The first-order valence-corrected chi connectivity index (χ1v) is 7.84. The summed E-state index contributed by atoms with van der Waals surface area (Å²) in [6.07, 6.45) is 2.98. The van der Waals surface area contributed by atoms with Crippen molar-refractivity contribution >= 4 is 27.4 Å². The number of thiophene rings is 1. The Balaban J connectivity index is 1.97. The first-order valence-electron chi connectivity index (χ1n) is 6.96. The van der Waals surface area contributed by atoms with Crippen LogP contribution in [0.25, 0.3) is 10.2 Å². The van der Waals surface area contributed by atoms with Gasteiger partial charge in [-0.1, -0.05) is 6.92 Å². The average molecular weight is 303 g/mol. The topological polar surface area (TPSA) is 71.2 Å². The minimum atomic E-state index is -0.104. The van der Waals surface area contributed by atoms with Crippen LogP contribution in [0.2, 0.25) is 0 Å². The van der Waals surface area contributed by atoms with Gasteiger partial charge in [-0.15, -0.1) is 11.3 Å². The molecule has 3 aromatic heterocycles. The van der Waals surface area contributed by atoms with Crippen LogP contribution in [0.3, 0.4) is 0 Å². The molecule has 0 aromatic carbocycles. The molecule has 1 unspecified atom stereocenters. The Kier molecular flexibility index (Phi) is 4.17. The van der Waals surface area contributed by atoms with Crippen molar-refractivity contribution in [3.63, 3.8) is 0 Å². The zero-order valence-electron chi connectivity index (χ0n) is 11.7. The van der Waals surface area contributed by atoms with Crippen LogP contribution >= 0.6 is 11.3 Å². The summed E-state index contributed by atoms with van der Waals surface area (Å²) < 4.78 is 5.46. The number of hydrogen-bond donors (Lipinski definition) is 2. The highest BCUT2D eigenvalue weighted by Gasteiger charge is 2.17. The first-order chi connectivity index (χ1) is 10.3. The second-order valence-corrected chi connectivity index (χ2v) is 5.60. The van der Waals surface area contributed by atoms with E-state index in [1.807, 2.05) is 30.5 Å². The number of anilines is 1. The lowest BCUT2D eigenvalue weighted by molar-refractivity contribution is 0.273. The number of fused-ring (bicyclic) bond motifs is 1. The van der Waals surface area contributed by atoms with Crippen LogP contribution in [-0.2, 0) is 6.42 Å². The number of aromatic nitrogens is 2. The van der Waals surface area contributed by atoms with E-state index in [4.69, 9.17) is 4.42 Å². The summed E-state index contributed by atoms with van der Waals surface area (Å²) in [4.78, 5) is 10.1. The maximum atomic E-state index is 9.28. The van der Waals surface area contributed by atoms with Crippen molar-refractivity contribution in [3.05, 3.63) is 41.4 Å². The Hall–Kier alpha value is -1.92. The Morgan fingerprint density at radius 3 is 3.00 bits per heavy atom. The fourth-order valence-electron chi connectivity index (χ4n) is 2.24. The minimum Gasteiger partial charge on any atom is -0.467 e. The lowest BCUT2D eigenvalue weighted by Crippen LogP contribution is -2.13. The van der Waals surface area contributed by atoms with Gasteiger partial charge in [0.25, 0.3) is 0 Å². The summed E-state index contributed by atoms with van der Waals surface area (Å²) in [6.45, 7) is 2.12. The van der Waals surface area contributed by atoms with Gasteiger partial charge in [0.1, 0.15) is 22.2 Å². The molecule has 0 aliphatic carbocycles. The molecule has 0 fully saturated rings. The van der Waals surface area contributed by atoms with Crippen molar-refractivity contribution in [1.82, 2.24) is 9.97 Å². The summed E-state index contributed by atoms with van der Waals surface area (Å²) in [7, 11) is 0. The number of hydrogen-bond acceptors (Lipinski definition) is 6. The van der Waals surface area contributed by atoms with Gasteiger partial charge in [-0.3, -0.25) is 0 Å². The molecule has 3 aromatic rings. The van der Waals surface area contributed by atoms with Crippen LogP contribution < -0.4 is 5.32 Å². The van der Waals surface area contributed by atoms with E-state index in [2.05, 4.69) is 15.3 Å². The summed E-state index contributed by atoms with van der Waals surface area (Å²) in [5.74, 6) is 2.41. The molecule has 110 valence electrons. The van der Waals surface area contributed by atoms with Crippen LogP contribution in [0.15, 0.2) is 34.3 Å². The third-order valence-electron chi connectivity index (χ3n) is 3.30. The molecule has 0 aliphatic rings. The monoisotopic (exact) mass is 303 g/mol. The molecule has 3 heterocycles. The number of rotatable bonds is 6. The number of furan rings is 1. The molecule has 0 radical (unpaired) electrons. The smallest absolute Gasteiger partial charge is 0.139 e. The molecule has 0 bridgehead atoms. The zero-order valence-corrected chi connectivity index (χ0v) is 12.6. The van der Waals surface area contributed by atoms with E-state index in [0.29, 0.717) is 6.42 Å². The highest BCUT2D eigenvalue weighted by Crippen LogP contribution is 2.29. The van der Waals surface area contributed by atoms with Crippen molar-refractivity contribution in [2.45, 2.75) is 25.8 Å². The van der Waals surface area contributed by atoms with Gasteiger partial charge in [0.05, 0.1) is 17.7 Å². The summed E-state index contributed by atoms with van der Waals surface area (Å²) in [5.41, 5.74) is 0. The largest absolute Gasteiger partial charge is 0.467 e. The molecule has 6 heteroatoms. The molecular weight excluding hydrogens is 286 g/mol. The fraction of sp³-hybridized carbons (Fsp3) is 0.333. The molecule has 5 nitrogen and oxygen atoms in total. The number of aliphatic hydroxyl groups is 1. The number of aryl methyl sites for hydroxylation is 1. The van der Waals surface area contributed by atoms with Crippen LogP contribution in [0.5, 0.6) is 0 Å². The molecule has 21 heavy (non-hydrogen) atoms. The molecule has 0 saturated heterocycles. The van der Waals surface area contributed by atoms with Crippen molar-refractivity contribution in [2.24, 2.45) is 0 Å². The third-order valence-corrected chi connectivity index (χ3v) is 4.11. The predicted octanol–water partition coefficient (Wildman–Crippen LogP) is 3.38. The SMILES string of the molecule is CCc1nc(NC(CCO)c2ccco2)c2ccsc2n1. The average Bonchev–Trinajstić information content (AvgIpc) is 3.17. The summed E-state index contributed by atoms with van der Waals surface area (Å²) in [6, 6.07) is 5.66. The third kappa shape index (κ3) is 2.91. The molecule has 0 amide bonds. The molecule has 2 N–H and O–H groups in total. The molecule has 1 atom stereocenters. The molecule has 0 saturated carbocycles. The molecular formula is C15H17N3O2S. The van der Waals surface area contributed by atoms with Crippen LogP contribution in [0.4, 0.5) is 5.82 Å². The van der Waals surface area contributed by atoms with E-state index in [0.717, 1.165) is 34.0 Å². The van der Waals surface area contributed by atoms with Crippen LogP contribution in [0, 0.1) is 0 Å². The van der Waals surface area contributed by atoms with Gasteiger partial charge in [-0.05, 0) is 30.0 Å². The van der Waals surface area contributed by atoms with E-state index >= 15 is 0 Å². The maximum Gasteiger partial charge on any atom is 0.139 e. The number of nitrogens with zero attached hydrogens (tertiary/aromatic N) is 2. The van der Waals surface area contributed by atoms with Crippen molar-refractivity contribution in [1.29, 1.82) is 0 Å². The fourth-order valence-corrected chi connectivity index (χ4v) is 3.02. The number of nitrogens with one attached hydrogen (secondary N) is 1. The van der Waals surface area contributed by atoms with E-state index in [9.17, 15) is 5.11 Å². The summed E-state index contributed by atoms with van der Waals surface area (Å²) in [5, 5.41) is 15.7. The van der Waals surface area contributed by atoms with E-state index in [-0.39, 0.29) is 12.6 Å². The van der Waals surface area contributed by atoms with E-state index in [1.54, 1.807) is 17.6 Å². The van der Waals surface area contributed by atoms with E-state index in [1.165, 1.54) is 0 Å². The van der Waals surface area contributed by atoms with Gasteiger partial charge < -0.3 is 14.8 Å². The Morgan fingerprint density at radius 2 is 2.29 bits per heavy atom. The van der Waals surface area contributed by atoms with E-state index < -0.39 is 0 Å². The van der Waals surface area contributed by atoms with Crippen LogP contribution in [-0.4, -0.2) is 21.7 Å². The van der Waals surface area contributed by atoms with Gasteiger partial charge >= 0.3 is 0 Å². The van der Waals surface area contributed by atoms with Gasteiger partial charge in [-0.2, -0.15) is 0 Å².